The second-order valence-electron chi connectivity index (χ2n) is 3.58. The molecule has 5 heteroatoms. The normalized spacial score (nSPS) is 20.6. The Morgan fingerprint density at radius 3 is 2.80 bits per heavy atom. The first-order valence-electron chi connectivity index (χ1n) is 4.78. The number of hydrogen-bond acceptors (Lipinski definition) is 2. The Hall–Kier alpha value is -0.870. The van der Waals surface area contributed by atoms with E-state index in [1.807, 2.05) is 0 Å². The molecule has 1 atom stereocenters. The van der Waals surface area contributed by atoms with Crippen molar-refractivity contribution in [2.75, 3.05) is 18.4 Å². The van der Waals surface area contributed by atoms with Crippen LogP contribution in [-0.2, 0) is 0 Å². The summed E-state index contributed by atoms with van der Waals surface area (Å²) in [5, 5.41) is 6.19. The van der Waals surface area contributed by atoms with E-state index in [-0.39, 0.29) is 16.8 Å². The molecule has 2 rings (SSSR count). The van der Waals surface area contributed by atoms with Gasteiger partial charge in [-0.05, 0) is 19.0 Å². The second kappa shape index (κ2) is 4.33. The highest BCUT2D eigenvalue weighted by molar-refractivity contribution is 6.33. The molecule has 1 aromatic rings. The van der Waals surface area contributed by atoms with E-state index in [2.05, 4.69) is 10.6 Å². The lowest BCUT2D eigenvalue weighted by molar-refractivity contribution is 0.583. The zero-order valence-electron chi connectivity index (χ0n) is 7.99. The SMILES string of the molecule is Fc1cc(F)c(NC2CCNC2)c(Cl)c1. The minimum atomic E-state index is -0.660. The van der Waals surface area contributed by atoms with Crippen LogP contribution in [0.2, 0.25) is 5.02 Å². The molecule has 82 valence electrons. The van der Waals surface area contributed by atoms with Crippen molar-refractivity contribution in [2.45, 2.75) is 12.5 Å². The predicted octanol–water partition coefficient (Wildman–Crippen LogP) is 2.39. The van der Waals surface area contributed by atoms with Gasteiger partial charge in [0.05, 0.1) is 10.7 Å². The summed E-state index contributed by atoms with van der Waals surface area (Å²) in [7, 11) is 0. The Morgan fingerprint density at radius 1 is 1.40 bits per heavy atom. The molecule has 15 heavy (non-hydrogen) atoms. The summed E-state index contributed by atoms with van der Waals surface area (Å²) in [5.41, 5.74) is 0.187. The molecule has 1 fully saturated rings. The Labute approximate surface area is 91.6 Å². The number of rotatable bonds is 2. The third-order valence-corrected chi connectivity index (χ3v) is 2.71. The van der Waals surface area contributed by atoms with Gasteiger partial charge in [0.15, 0.2) is 5.82 Å². The molecule has 1 aliphatic rings. The molecule has 1 aromatic carbocycles. The highest BCUT2D eigenvalue weighted by Crippen LogP contribution is 2.27. The number of benzene rings is 1. The zero-order chi connectivity index (χ0) is 10.8. The zero-order valence-corrected chi connectivity index (χ0v) is 8.74. The van der Waals surface area contributed by atoms with Crippen molar-refractivity contribution in [3.63, 3.8) is 0 Å². The van der Waals surface area contributed by atoms with Crippen LogP contribution in [-0.4, -0.2) is 19.1 Å². The van der Waals surface area contributed by atoms with Gasteiger partial charge in [0, 0.05) is 18.7 Å². The van der Waals surface area contributed by atoms with Gasteiger partial charge >= 0.3 is 0 Å². The lowest BCUT2D eigenvalue weighted by Gasteiger charge is -2.14. The quantitative estimate of drug-likeness (QED) is 0.818. The van der Waals surface area contributed by atoms with Crippen molar-refractivity contribution in [2.24, 2.45) is 0 Å². The van der Waals surface area contributed by atoms with Gasteiger partial charge in [-0.15, -0.1) is 0 Å². The molecule has 0 radical (unpaired) electrons. The van der Waals surface area contributed by atoms with E-state index in [4.69, 9.17) is 11.6 Å². The molecule has 0 aliphatic carbocycles. The van der Waals surface area contributed by atoms with Gasteiger partial charge in [0.1, 0.15) is 5.82 Å². The van der Waals surface area contributed by atoms with Gasteiger partial charge < -0.3 is 10.6 Å². The van der Waals surface area contributed by atoms with Crippen LogP contribution in [0.3, 0.4) is 0 Å². The Balaban J connectivity index is 2.19. The lowest BCUT2D eigenvalue weighted by atomic mass is 10.2. The van der Waals surface area contributed by atoms with Crippen LogP contribution < -0.4 is 10.6 Å². The minimum Gasteiger partial charge on any atom is -0.377 e. The van der Waals surface area contributed by atoms with Gasteiger partial charge in [0.25, 0.3) is 0 Å². The minimum absolute atomic E-state index is 0.0828. The molecule has 0 spiro atoms. The highest BCUT2D eigenvalue weighted by Gasteiger charge is 2.17. The van der Waals surface area contributed by atoms with Crippen LogP contribution in [0, 0.1) is 11.6 Å². The average molecular weight is 233 g/mol. The first-order valence-corrected chi connectivity index (χ1v) is 5.16. The number of hydrogen-bond donors (Lipinski definition) is 2. The molecular weight excluding hydrogens is 222 g/mol. The summed E-state index contributed by atoms with van der Waals surface area (Å²) in [5.74, 6) is -1.31. The van der Waals surface area contributed by atoms with E-state index in [9.17, 15) is 8.78 Å². The van der Waals surface area contributed by atoms with E-state index in [0.717, 1.165) is 31.6 Å². The Kier molecular flexibility index (Phi) is 3.07. The van der Waals surface area contributed by atoms with E-state index >= 15 is 0 Å². The third-order valence-electron chi connectivity index (χ3n) is 2.42. The largest absolute Gasteiger partial charge is 0.377 e. The van der Waals surface area contributed by atoms with Crippen molar-refractivity contribution >= 4 is 17.3 Å². The molecule has 1 aliphatic heterocycles. The highest BCUT2D eigenvalue weighted by atomic mass is 35.5. The fourth-order valence-electron chi connectivity index (χ4n) is 1.66. The van der Waals surface area contributed by atoms with Gasteiger partial charge in [-0.3, -0.25) is 0 Å². The van der Waals surface area contributed by atoms with Crippen LogP contribution in [0.15, 0.2) is 12.1 Å². The maximum atomic E-state index is 13.4. The van der Waals surface area contributed by atoms with Gasteiger partial charge in [-0.1, -0.05) is 11.6 Å². The molecule has 1 heterocycles. The predicted molar refractivity (Wildman–Crippen MR) is 56.3 cm³/mol. The molecule has 1 saturated heterocycles. The van der Waals surface area contributed by atoms with Crippen molar-refractivity contribution in [3.8, 4) is 0 Å². The van der Waals surface area contributed by atoms with Crippen LogP contribution in [0.4, 0.5) is 14.5 Å². The summed E-state index contributed by atoms with van der Waals surface area (Å²) in [6.45, 7) is 1.67. The summed E-state index contributed by atoms with van der Waals surface area (Å²) in [6, 6.07) is 2.09. The fraction of sp³-hybridized carbons (Fsp3) is 0.400. The first kappa shape index (κ1) is 10.6. The van der Waals surface area contributed by atoms with Crippen LogP contribution in [0.5, 0.6) is 0 Å². The molecule has 0 saturated carbocycles. The maximum absolute atomic E-state index is 13.4. The number of nitrogens with one attached hydrogen (secondary N) is 2. The lowest BCUT2D eigenvalue weighted by Crippen LogP contribution is -2.22. The molecule has 2 nitrogen and oxygen atoms in total. The standard InChI is InChI=1S/C10H11ClF2N2/c11-8-3-6(12)4-9(13)10(8)15-7-1-2-14-5-7/h3-4,7,14-15H,1-2,5H2. The molecule has 1 unspecified atom stereocenters. The summed E-state index contributed by atoms with van der Waals surface area (Å²) < 4.78 is 26.1. The Morgan fingerprint density at radius 2 is 2.20 bits per heavy atom. The molecule has 0 bridgehead atoms. The molecule has 0 amide bonds. The van der Waals surface area contributed by atoms with E-state index in [1.165, 1.54) is 0 Å². The van der Waals surface area contributed by atoms with E-state index in [1.54, 1.807) is 0 Å². The summed E-state index contributed by atoms with van der Waals surface area (Å²) in [6.07, 6.45) is 0.910. The topological polar surface area (TPSA) is 24.1 Å². The molecule has 2 N–H and O–H groups in total. The van der Waals surface area contributed by atoms with Crippen LogP contribution >= 0.6 is 11.6 Å². The van der Waals surface area contributed by atoms with Crippen molar-refractivity contribution < 1.29 is 8.78 Å². The first-order chi connectivity index (χ1) is 7.16. The van der Waals surface area contributed by atoms with Crippen molar-refractivity contribution in [1.82, 2.24) is 5.32 Å². The average Bonchev–Trinajstić information content (AvgIpc) is 2.63. The summed E-state index contributed by atoms with van der Waals surface area (Å²) in [4.78, 5) is 0. The maximum Gasteiger partial charge on any atom is 0.150 e. The Bertz CT molecular complexity index is 341. The van der Waals surface area contributed by atoms with Crippen LogP contribution in [0.25, 0.3) is 0 Å². The van der Waals surface area contributed by atoms with Gasteiger partial charge in [-0.25, -0.2) is 8.78 Å². The second-order valence-corrected chi connectivity index (χ2v) is 3.99. The van der Waals surface area contributed by atoms with Crippen molar-refractivity contribution in [3.05, 3.63) is 28.8 Å². The number of halogens is 3. The van der Waals surface area contributed by atoms with Crippen LogP contribution in [0.1, 0.15) is 6.42 Å². The number of anilines is 1. The summed E-state index contributed by atoms with van der Waals surface area (Å²) >= 11 is 5.75. The smallest absolute Gasteiger partial charge is 0.150 e. The third kappa shape index (κ3) is 2.38. The molecular formula is C10H11ClF2N2. The van der Waals surface area contributed by atoms with E-state index < -0.39 is 11.6 Å². The molecule has 0 aromatic heterocycles. The van der Waals surface area contributed by atoms with Crippen molar-refractivity contribution in [1.29, 1.82) is 0 Å². The van der Waals surface area contributed by atoms with Gasteiger partial charge in [0.2, 0.25) is 0 Å². The van der Waals surface area contributed by atoms with Gasteiger partial charge in [-0.2, -0.15) is 0 Å². The fourth-order valence-corrected chi connectivity index (χ4v) is 1.91. The monoisotopic (exact) mass is 232 g/mol. The van der Waals surface area contributed by atoms with E-state index in [0.29, 0.717) is 0 Å².